The minimum atomic E-state index is -1.32. The standard InChI is InChI=1S/C29H34ClFN2O3/c1-36-22-9-10-26-23(18-22)28(24(30)20-32-26)25(31)11-12-29(19-27(34)35)13-16-33(17-14-29)15-5-8-21-6-3-2-4-7-21/h2-4,6-7,9-10,18,20,25H,5,8,11-17,19H2,1H3,(H,34,35)/t25-/m1/s1. The Morgan fingerprint density at radius 1 is 1.22 bits per heavy atom. The van der Waals surface area contributed by atoms with E-state index in [-0.39, 0.29) is 17.9 Å². The van der Waals surface area contributed by atoms with Gasteiger partial charge in [0.1, 0.15) is 11.9 Å². The number of aliphatic carboxylic acids is 1. The summed E-state index contributed by atoms with van der Waals surface area (Å²) in [7, 11) is 1.56. The van der Waals surface area contributed by atoms with E-state index in [1.54, 1.807) is 25.3 Å². The Morgan fingerprint density at radius 3 is 2.67 bits per heavy atom. The number of aromatic nitrogens is 1. The van der Waals surface area contributed by atoms with Gasteiger partial charge in [-0.3, -0.25) is 9.78 Å². The Balaban J connectivity index is 1.39. The van der Waals surface area contributed by atoms with Crippen LogP contribution in [0, 0.1) is 5.41 Å². The van der Waals surface area contributed by atoms with E-state index < -0.39 is 17.6 Å². The average Bonchev–Trinajstić information content (AvgIpc) is 2.88. The normalized spacial score (nSPS) is 16.6. The van der Waals surface area contributed by atoms with Crippen LogP contribution in [0.15, 0.2) is 54.7 Å². The first-order valence-electron chi connectivity index (χ1n) is 12.6. The summed E-state index contributed by atoms with van der Waals surface area (Å²) in [4.78, 5) is 18.5. The van der Waals surface area contributed by atoms with E-state index in [9.17, 15) is 9.90 Å². The van der Waals surface area contributed by atoms with Crippen LogP contribution in [0.4, 0.5) is 4.39 Å². The molecule has 1 N–H and O–H groups in total. The van der Waals surface area contributed by atoms with Gasteiger partial charge in [0.25, 0.3) is 0 Å². The summed E-state index contributed by atoms with van der Waals surface area (Å²) in [5.41, 5.74) is 1.99. The van der Waals surface area contributed by atoms with E-state index in [1.165, 1.54) is 11.8 Å². The Kier molecular flexibility index (Phi) is 8.81. The van der Waals surface area contributed by atoms with Gasteiger partial charge in [0.2, 0.25) is 0 Å². The lowest BCUT2D eigenvalue weighted by atomic mass is 9.71. The summed E-state index contributed by atoms with van der Waals surface area (Å²) in [6.45, 7) is 2.68. The van der Waals surface area contributed by atoms with Gasteiger partial charge in [-0.25, -0.2) is 4.39 Å². The van der Waals surface area contributed by atoms with Crippen molar-refractivity contribution in [2.75, 3.05) is 26.7 Å². The number of hydrogen-bond donors (Lipinski definition) is 1. The van der Waals surface area contributed by atoms with Gasteiger partial charge in [0.15, 0.2) is 0 Å². The van der Waals surface area contributed by atoms with Crippen molar-refractivity contribution in [3.8, 4) is 5.75 Å². The van der Waals surface area contributed by atoms with E-state index in [4.69, 9.17) is 16.3 Å². The van der Waals surface area contributed by atoms with Crippen molar-refractivity contribution in [2.45, 2.75) is 51.1 Å². The van der Waals surface area contributed by atoms with Crippen LogP contribution in [0.5, 0.6) is 5.75 Å². The number of likely N-dealkylation sites (tertiary alicyclic amines) is 1. The number of methoxy groups -OCH3 is 1. The number of fused-ring (bicyclic) bond motifs is 1. The molecular weight excluding hydrogens is 479 g/mol. The Labute approximate surface area is 217 Å². The van der Waals surface area contributed by atoms with Gasteiger partial charge in [0, 0.05) is 17.1 Å². The smallest absolute Gasteiger partial charge is 0.303 e. The van der Waals surface area contributed by atoms with Crippen molar-refractivity contribution >= 4 is 28.5 Å². The van der Waals surface area contributed by atoms with Crippen LogP contribution in [-0.2, 0) is 11.2 Å². The molecule has 0 aliphatic carbocycles. The minimum absolute atomic E-state index is 0.0657. The lowest BCUT2D eigenvalue weighted by molar-refractivity contribution is -0.141. The number of carboxylic acids is 1. The van der Waals surface area contributed by atoms with Gasteiger partial charge < -0.3 is 14.7 Å². The molecule has 36 heavy (non-hydrogen) atoms. The maximum atomic E-state index is 15.7. The summed E-state index contributed by atoms with van der Waals surface area (Å²) in [5.74, 6) is -0.206. The number of benzene rings is 2. The zero-order valence-corrected chi connectivity index (χ0v) is 21.5. The second kappa shape index (κ2) is 12.0. The number of carboxylic acid groups (broad SMARTS) is 1. The highest BCUT2D eigenvalue weighted by molar-refractivity contribution is 6.32. The van der Waals surface area contributed by atoms with Crippen molar-refractivity contribution in [2.24, 2.45) is 5.41 Å². The molecule has 1 aromatic heterocycles. The molecule has 0 radical (unpaired) electrons. The van der Waals surface area contributed by atoms with Crippen LogP contribution in [0.1, 0.15) is 55.8 Å². The van der Waals surface area contributed by atoms with Crippen molar-refractivity contribution in [1.82, 2.24) is 9.88 Å². The zero-order valence-electron chi connectivity index (χ0n) is 20.8. The molecule has 4 rings (SSSR count). The van der Waals surface area contributed by atoms with E-state index in [0.717, 1.165) is 45.3 Å². The molecular formula is C29H34ClFN2O3. The van der Waals surface area contributed by atoms with Gasteiger partial charge >= 0.3 is 5.97 Å². The van der Waals surface area contributed by atoms with Crippen LogP contribution >= 0.6 is 11.6 Å². The molecule has 0 amide bonds. The molecule has 3 aromatic rings. The molecule has 2 aromatic carbocycles. The van der Waals surface area contributed by atoms with E-state index in [1.807, 2.05) is 6.07 Å². The summed E-state index contributed by atoms with van der Waals surface area (Å²) >= 11 is 6.40. The number of aryl methyl sites for hydroxylation is 1. The lowest BCUT2D eigenvalue weighted by Crippen LogP contribution is -2.41. The number of ether oxygens (including phenoxy) is 1. The van der Waals surface area contributed by atoms with Crippen molar-refractivity contribution < 1.29 is 19.0 Å². The molecule has 192 valence electrons. The molecule has 0 bridgehead atoms. The number of hydrogen-bond acceptors (Lipinski definition) is 4. The number of rotatable bonds is 11. The second-order valence-electron chi connectivity index (χ2n) is 9.91. The SMILES string of the molecule is COc1ccc2ncc(Cl)c([C@H](F)CCC3(CC(=O)O)CCN(CCCc4ccccc4)CC3)c2c1. The predicted octanol–water partition coefficient (Wildman–Crippen LogP) is 6.88. The highest BCUT2D eigenvalue weighted by atomic mass is 35.5. The third-order valence-electron chi connectivity index (χ3n) is 7.54. The van der Waals surface area contributed by atoms with E-state index in [0.29, 0.717) is 28.6 Å². The quantitative estimate of drug-likeness (QED) is 0.303. The lowest BCUT2D eigenvalue weighted by Gasteiger charge is -2.41. The average molecular weight is 513 g/mol. The van der Waals surface area contributed by atoms with Crippen molar-refractivity contribution in [1.29, 1.82) is 0 Å². The number of piperidine rings is 1. The minimum Gasteiger partial charge on any atom is -0.497 e. The van der Waals surface area contributed by atoms with Crippen LogP contribution < -0.4 is 4.74 Å². The van der Waals surface area contributed by atoms with E-state index in [2.05, 4.69) is 34.1 Å². The van der Waals surface area contributed by atoms with Crippen LogP contribution in [-0.4, -0.2) is 47.7 Å². The first kappa shape index (κ1) is 26.4. The summed E-state index contributed by atoms with van der Waals surface area (Å²) in [5, 5.41) is 10.6. The van der Waals surface area contributed by atoms with Gasteiger partial charge in [-0.15, -0.1) is 0 Å². The summed E-state index contributed by atoms with van der Waals surface area (Å²) < 4.78 is 21.0. The maximum absolute atomic E-state index is 15.7. The maximum Gasteiger partial charge on any atom is 0.303 e. The Morgan fingerprint density at radius 2 is 1.97 bits per heavy atom. The second-order valence-corrected chi connectivity index (χ2v) is 10.3. The molecule has 0 saturated carbocycles. The monoisotopic (exact) mass is 512 g/mol. The topological polar surface area (TPSA) is 62.7 Å². The molecule has 0 spiro atoms. The first-order chi connectivity index (χ1) is 17.4. The fourth-order valence-corrected chi connectivity index (χ4v) is 5.70. The van der Waals surface area contributed by atoms with Crippen LogP contribution in [0.25, 0.3) is 10.9 Å². The van der Waals surface area contributed by atoms with Crippen molar-refractivity contribution in [3.05, 3.63) is 70.9 Å². The van der Waals surface area contributed by atoms with Gasteiger partial charge in [0.05, 0.1) is 24.1 Å². The summed E-state index contributed by atoms with van der Waals surface area (Å²) in [6.07, 6.45) is 4.58. The molecule has 7 heteroatoms. The van der Waals surface area contributed by atoms with Crippen LogP contribution in [0.2, 0.25) is 5.02 Å². The summed E-state index contributed by atoms with van der Waals surface area (Å²) in [6, 6.07) is 15.8. The number of halogens is 2. The number of nitrogens with zero attached hydrogens (tertiary/aromatic N) is 2. The van der Waals surface area contributed by atoms with Crippen LogP contribution in [0.3, 0.4) is 0 Å². The number of pyridine rings is 1. The Bertz CT molecular complexity index is 1170. The fourth-order valence-electron chi connectivity index (χ4n) is 5.43. The molecule has 0 unspecified atom stereocenters. The first-order valence-corrected chi connectivity index (χ1v) is 13.0. The number of alkyl halides is 1. The highest BCUT2D eigenvalue weighted by Crippen LogP contribution is 2.44. The predicted molar refractivity (Wildman–Crippen MR) is 142 cm³/mol. The largest absolute Gasteiger partial charge is 0.497 e. The fraction of sp³-hybridized carbons (Fsp3) is 0.448. The number of carbonyl (C=O) groups is 1. The molecule has 1 aliphatic rings. The molecule has 1 atom stereocenters. The molecule has 2 heterocycles. The zero-order chi connectivity index (χ0) is 25.5. The van der Waals surface area contributed by atoms with Gasteiger partial charge in [-0.1, -0.05) is 41.9 Å². The third-order valence-corrected chi connectivity index (χ3v) is 7.84. The Hall–Kier alpha value is -2.70. The highest BCUT2D eigenvalue weighted by Gasteiger charge is 2.37. The van der Waals surface area contributed by atoms with E-state index >= 15 is 4.39 Å². The molecule has 1 aliphatic heterocycles. The molecule has 1 fully saturated rings. The third kappa shape index (κ3) is 6.54. The molecule has 5 nitrogen and oxygen atoms in total. The van der Waals surface area contributed by atoms with Crippen molar-refractivity contribution in [3.63, 3.8) is 0 Å². The van der Waals surface area contributed by atoms with Gasteiger partial charge in [-0.2, -0.15) is 0 Å². The molecule has 1 saturated heterocycles. The van der Waals surface area contributed by atoms with Gasteiger partial charge in [-0.05, 0) is 87.3 Å².